The van der Waals surface area contributed by atoms with Crippen molar-refractivity contribution in [3.63, 3.8) is 0 Å². The van der Waals surface area contributed by atoms with Gasteiger partial charge in [0, 0.05) is 24.2 Å². The summed E-state index contributed by atoms with van der Waals surface area (Å²) in [5, 5.41) is 3.91. The van der Waals surface area contributed by atoms with Crippen LogP contribution in [-0.4, -0.2) is 23.1 Å². The predicted molar refractivity (Wildman–Crippen MR) is 47.3 cm³/mol. The Balaban J connectivity index is 2.42. The molecular formula is C8H10ClN3. The van der Waals surface area contributed by atoms with Gasteiger partial charge in [0.15, 0.2) is 0 Å². The fourth-order valence-electron chi connectivity index (χ4n) is 1.43. The lowest BCUT2D eigenvalue weighted by Crippen LogP contribution is -2.16. The van der Waals surface area contributed by atoms with Gasteiger partial charge in [-0.05, 0) is 13.0 Å². The number of rotatable bonds is 0. The first kappa shape index (κ1) is 7.95. The molecule has 3 nitrogen and oxygen atoms in total. The number of halogens is 1. The molecule has 0 spiro atoms. The Morgan fingerprint density at radius 2 is 2.08 bits per heavy atom. The second-order valence-electron chi connectivity index (χ2n) is 2.84. The molecule has 0 saturated heterocycles. The SMILES string of the molecule is Clc1ncnc2c1CCNCC2. The molecule has 2 heterocycles. The predicted octanol–water partition coefficient (Wildman–Crippen LogP) is 0.818. The van der Waals surface area contributed by atoms with E-state index in [-0.39, 0.29) is 0 Å². The van der Waals surface area contributed by atoms with Gasteiger partial charge in [0.2, 0.25) is 0 Å². The molecule has 0 bridgehead atoms. The van der Waals surface area contributed by atoms with Gasteiger partial charge < -0.3 is 5.32 Å². The fraction of sp³-hybridized carbons (Fsp3) is 0.500. The summed E-state index contributed by atoms with van der Waals surface area (Å²) in [5.41, 5.74) is 2.21. The van der Waals surface area contributed by atoms with Crippen LogP contribution in [0.4, 0.5) is 0 Å². The number of hydrogen-bond acceptors (Lipinski definition) is 3. The molecule has 0 unspecified atom stereocenters. The maximum absolute atomic E-state index is 5.94. The molecule has 0 amide bonds. The maximum Gasteiger partial charge on any atom is 0.135 e. The Kier molecular flexibility index (Phi) is 2.23. The molecule has 0 atom stereocenters. The Bertz CT molecular complexity index is 288. The Hall–Kier alpha value is -0.670. The Morgan fingerprint density at radius 3 is 3.00 bits per heavy atom. The summed E-state index contributed by atoms with van der Waals surface area (Å²) in [5.74, 6) is 0. The first-order valence-corrected chi connectivity index (χ1v) is 4.44. The lowest BCUT2D eigenvalue weighted by molar-refractivity contribution is 0.708. The van der Waals surface area contributed by atoms with Crippen LogP contribution in [0.2, 0.25) is 5.15 Å². The van der Waals surface area contributed by atoms with E-state index in [4.69, 9.17) is 11.6 Å². The summed E-state index contributed by atoms with van der Waals surface area (Å²) in [6, 6.07) is 0. The number of nitrogens with zero attached hydrogens (tertiary/aromatic N) is 2. The quantitative estimate of drug-likeness (QED) is 0.606. The highest BCUT2D eigenvalue weighted by Crippen LogP contribution is 2.17. The van der Waals surface area contributed by atoms with E-state index >= 15 is 0 Å². The zero-order valence-corrected chi connectivity index (χ0v) is 7.43. The van der Waals surface area contributed by atoms with Crippen LogP contribution < -0.4 is 5.32 Å². The van der Waals surface area contributed by atoms with E-state index in [2.05, 4.69) is 15.3 Å². The van der Waals surface area contributed by atoms with Gasteiger partial charge in [-0.3, -0.25) is 0 Å². The van der Waals surface area contributed by atoms with Gasteiger partial charge in [-0.2, -0.15) is 0 Å². The van der Waals surface area contributed by atoms with Crippen molar-refractivity contribution in [2.75, 3.05) is 13.1 Å². The number of fused-ring (bicyclic) bond motifs is 1. The second kappa shape index (κ2) is 3.37. The minimum absolute atomic E-state index is 0.615. The average molecular weight is 184 g/mol. The van der Waals surface area contributed by atoms with Gasteiger partial charge in [0.1, 0.15) is 11.5 Å². The molecule has 12 heavy (non-hydrogen) atoms. The van der Waals surface area contributed by atoms with E-state index in [1.165, 1.54) is 6.33 Å². The van der Waals surface area contributed by atoms with Crippen molar-refractivity contribution in [2.45, 2.75) is 12.8 Å². The summed E-state index contributed by atoms with van der Waals surface area (Å²) in [7, 11) is 0. The van der Waals surface area contributed by atoms with Crippen LogP contribution >= 0.6 is 11.6 Å². The summed E-state index contributed by atoms with van der Waals surface area (Å²) in [4.78, 5) is 8.17. The van der Waals surface area contributed by atoms with Gasteiger partial charge in [0.05, 0.1) is 0 Å². The highest BCUT2D eigenvalue weighted by Gasteiger charge is 2.11. The van der Waals surface area contributed by atoms with Crippen LogP contribution in [0.15, 0.2) is 6.33 Å². The molecule has 2 rings (SSSR count). The third-order valence-electron chi connectivity index (χ3n) is 2.07. The first-order chi connectivity index (χ1) is 5.88. The van der Waals surface area contributed by atoms with Gasteiger partial charge >= 0.3 is 0 Å². The second-order valence-corrected chi connectivity index (χ2v) is 3.20. The molecule has 1 aromatic rings. The molecule has 0 aliphatic carbocycles. The number of hydrogen-bond donors (Lipinski definition) is 1. The van der Waals surface area contributed by atoms with E-state index < -0.39 is 0 Å². The zero-order valence-electron chi connectivity index (χ0n) is 6.68. The fourth-order valence-corrected chi connectivity index (χ4v) is 1.68. The van der Waals surface area contributed by atoms with Crippen LogP contribution in [0.3, 0.4) is 0 Å². The van der Waals surface area contributed by atoms with Crippen LogP contribution in [-0.2, 0) is 12.8 Å². The maximum atomic E-state index is 5.94. The topological polar surface area (TPSA) is 37.8 Å². The van der Waals surface area contributed by atoms with E-state index in [9.17, 15) is 0 Å². The van der Waals surface area contributed by atoms with E-state index in [1.807, 2.05) is 0 Å². The Morgan fingerprint density at radius 1 is 1.25 bits per heavy atom. The number of aromatic nitrogens is 2. The Labute approximate surface area is 76.2 Å². The molecule has 0 fully saturated rings. The van der Waals surface area contributed by atoms with Gasteiger partial charge in [-0.1, -0.05) is 11.6 Å². The molecule has 1 aromatic heterocycles. The smallest absolute Gasteiger partial charge is 0.135 e. The van der Waals surface area contributed by atoms with Gasteiger partial charge in [-0.15, -0.1) is 0 Å². The minimum atomic E-state index is 0.615. The summed E-state index contributed by atoms with van der Waals surface area (Å²) >= 11 is 5.94. The monoisotopic (exact) mass is 183 g/mol. The van der Waals surface area contributed by atoms with Crippen molar-refractivity contribution in [1.29, 1.82) is 0 Å². The van der Waals surface area contributed by atoms with Gasteiger partial charge in [-0.25, -0.2) is 9.97 Å². The van der Waals surface area contributed by atoms with Crippen molar-refractivity contribution in [2.24, 2.45) is 0 Å². The lowest BCUT2D eigenvalue weighted by atomic mass is 10.1. The van der Waals surface area contributed by atoms with Crippen molar-refractivity contribution >= 4 is 11.6 Å². The molecule has 1 aliphatic heterocycles. The molecule has 1 N–H and O–H groups in total. The van der Waals surface area contributed by atoms with E-state index in [0.717, 1.165) is 37.2 Å². The highest BCUT2D eigenvalue weighted by atomic mass is 35.5. The lowest BCUT2D eigenvalue weighted by Gasteiger charge is -2.03. The average Bonchev–Trinajstić information content (AvgIpc) is 2.30. The van der Waals surface area contributed by atoms with Crippen molar-refractivity contribution in [1.82, 2.24) is 15.3 Å². The molecular weight excluding hydrogens is 174 g/mol. The van der Waals surface area contributed by atoms with Crippen molar-refractivity contribution < 1.29 is 0 Å². The van der Waals surface area contributed by atoms with Gasteiger partial charge in [0.25, 0.3) is 0 Å². The van der Waals surface area contributed by atoms with E-state index in [0.29, 0.717) is 5.15 Å². The summed E-state index contributed by atoms with van der Waals surface area (Å²) in [6.45, 7) is 1.96. The molecule has 1 aliphatic rings. The van der Waals surface area contributed by atoms with E-state index in [1.54, 1.807) is 0 Å². The summed E-state index contributed by atoms with van der Waals surface area (Å²) in [6.07, 6.45) is 3.43. The molecule has 0 radical (unpaired) electrons. The highest BCUT2D eigenvalue weighted by molar-refractivity contribution is 6.30. The van der Waals surface area contributed by atoms with Crippen LogP contribution in [0.1, 0.15) is 11.3 Å². The summed E-state index contributed by atoms with van der Waals surface area (Å²) < 4.78 is 0. The normalized spacial score (nSPS) is 16.8. The molecule has 64 valence electrons. The van der Waals surface area contributed by atoms with Crippen LogP contribution in [0.5, 0.6) is 0 Å². The van der Waals surface area contributed by atoms with Crippen LogP contribution in [0.25, 0.3) is 0 Å². The van der Waals surface area contributed by atoms with Crippen LogP contribution in [0, 0.1) is 0 Å². The van der Waals surface area contributed by atoms with Crippen molar-refractivity contribution in [3.8, 4) is 0 Å². The third kappa shape index (κ3) is 1.42. The standard InChI is InChI=1S/C8H10ClN3/c9-8-6-1-3-10-4-2-7(6)11-5-12-8/h5,10H,1-4H2. The van der Waals surface area contributed by atoms with Crippen molar-refractivity contribution in [3.05, 3.63) is 22.7 Å². The zero-order chi connectivity index (χ0) is 8.39. The number of nitrogens with one attached hydrogen (secondary N) is 1. The molecule has 0 saturated carbocycles. The first-order valence-electron chi connectivity index (χ1n) is 4.07. The minimum Gasteiger partial charge on any atom is -0.316 e. The third-order valence-corrected chi connectivity index (χ3v) is 2.40. The molecule has 0 aromatic carbocycles. The molecule has 4 heteroatoms. The largest absolute Gasteiger partial charge is 0.316 e.